The molecule has 0 spiro atoms. The maximum absolute atomic E-state index is 16.2. The summed E-state index contributed by atoms with van der Waals surface area (Å²) in [6, 6.07) is 5.17. The van der Waals surface area contributed by atoms with Gasteiger partial charge >= 0.3 is 6.18 Å². The summed E-state index contributed by atoms with van der Waals surface area (Å²) in [4.78, 5) is 0. The van der Waals surface area contributed by atoms with Crippen molar-refractivity contribution in [1.29, 1.82) is 0 Å². The van der Waals surface area contributed by atoms with E-state index in [9.17, 15) is 31.4 Å². The zero-order valence-electron chi connectivity index (χ0n) is 19.8. The zero-order chi connectivity index (χ0) is 28.4. The molecule has 2 aromatic carbocycles. The Morgan fingerprint density at radius 2 is 1.67 bits per heavy atom. The molecule has 2 N–H and O–H groups in total. The second-order valence-electron chi connectivity index (χ2n) is 10.2. The Hall–Kier alpha value is -3.33. The molecule has 0 unspecified atom stereocenters. The third-order valence-corrected chi connectivity index (χ3v) is 7.69. The molecule has 1 heterocycles. The van der Waals surface area contributed by atoms with Crippen molar-refractivity contribution in [3.05, 3.63) is 71.3 Å². The average Bonchev–Trinajstić information content (AvgIpc) is 3.28. The van der Waals surface area contributed by atoms with E-state index in [1.807, 2.05) is 0 Å². The van der Waals surface area contributed by atoms with Gasteiger partial charge in [0.2, 0.25) is 0 Å². The van der Waals surface area contributed by atoms with Gasteiger partial charge in [-0.15, -0.1) is 5.10 Å². The minimum atomic E-state index is -4.95. The Morgan fingerprint density at radius 1 is 0.974 bits per heavy atom. The predicted molar refractivity (Wildman–Crippen MR) is 115 cm³/mol. The third-order valence-electron chi connectivity index (χ3n) is 7.69. The number of aromatic nitrogens is 4. The van der Waals surface area contributed by atoms with Crippen LogP contribution in [0.3, 0.4) is 0 Å². The summed E-state index contributed by atoms with van der Waals surface area (Å²) in [5.41, 5.74) is -6.48. The molecule has 3 saturated carbocycles. The first-order valence-corrected chi connectivity index (χ1v) is 11.6. The summed E-state index contributed by atoms with van der Waals surface area (Å²) < 4.78 is 118. The lowest BCUT2D eigenvalue weighted by atomic mass is 9.30. The highest BCUT2D eigenvalue weighted by Gasteiger charge is 2.82. The highest BCUT2D eigenvalue weighted by Crippen LogP contribution is 2.80. The first-order chi connectivity index (χ1) is 18.1. The number of hydrogen-bond donors (Lipinski definition) is 2. The fraction of sp³-hybridized carbons (Fsp3) is 0.458. The van der Waals surface area contributed by atoms with Gasteiger partial charge in [0.1, 0.15) is 24.6 Å². The maximum atomic E-state index is 16.2. The van der Waals surface area contributed by atoms with Crippen molar-refractivity contribution in [3.8, 4) is 5.75 Å². The Balaban J connectivity index is 1.38. The summed E-state index contributed by atoms with van der Waals surface area (Å²) >= 11 is 0. The topological polar surface area (TPSA) is 93.3 Å². The minimum Gasteiger partial charge on any atom is -0.487 e. The molecule has 1 aromatic heterocycles. The lowest BCUT2D eigenvalue weighted by Crippen LogP contribution is -2.76. The molecule has 0 saturated heterocycles. The second-order valence-corrected chi connectivity index (χ2v) is 10.2. The monoisotopic (exact) mass is 564 g/mol. The van der Waals surface area contributed by atoms with Crippen LogP contribution in [0.15, 0.2) is 42.7 Å². The van der Waals surface area contributed by atoms with Gasteiger partial charge in [0, 0.05) is 17.0 Å². The number of halogens is 8. The SMILES string of the molecule is O[C@H](COc1ccc(C23CC(C(F)(F)[C@@](O)(Cn4cnnn4)c4ccc(F)cc4F)(C2)C3)cc1F)C(F)(F)F. The summed E-state index contributed by atoms with van der Waals surface area (Å²) in [5, 5.41) is 30.5. The Morgan fingerprint density at radius 3 is 2.23 bits per heavy atom. The van der Waals surface area contributed by atoms with Crippen molar-refractivity contribution in [1.82, 2.24) is 20.2 Å². The van der Waals surface area contributed by atoms with Gasteiger partial charge in [0.15, 0.2) is 23.3 Å². The molecule has 7 nitrogen and oxygen atoms in total. The highest BCUT2D eigenvalue weighted by atomic mass is 19.4. The molecule has 0 aliphatic heterocycles. The third kappa shape index (κ3) is 4.22. The molecular weight excluding hydrogens is 544 g/mol. The van der Waals surface area contributed by atoms with Crippen molar-refractivity contribution < 1.29 is 50.1 Å². The van der Waals surface area contributed by atoms with Gasteiger partial charge in [-0.25, -0.2) is 26.6 Å². The van der Waals surface area contributed by atoms with Gasteiger partial charge in [-0.3, -0.25) is 0 Å². The van der Waals surface area contributed by atoms with Crippen molar-refractivity contribution in [2.75, 3.05) is 6.61 Å². The van der Waals surface area contributed by atoms with Crippen LogP contribution in [0.25, 0.3) is 0 Å². The van der Waals surface area contributed by atoms with Crippen molar-refractivity contribution >= 4 is 0 Å². The molecule has 2 atom stereocenters. The number of alkyl halides is 5. The number of aliphatic hydroxyl groups excluding tert-OH is 1. The number of nitrogens with zero attached hydrogens (tertiary/aromatic N) is 4. The van der Waals surface area contributed by atoms with Crippen LogP contribution in [0, 0.1) is 22.9 Å². The van der Waals surface area contributed by atoms with Crippen LogP contribution in [0.5, 0.6) is 5.75 Å². The molecular formula is C24H20F8N4O3. The minimum absolute atomic E-state index is 0.222. The van der Waals surface area contributed by atoms with Crippen LogP contribution >= 0.6 is 0 Å². The van der Waals surface area contributed by atoms with Crippen LogP contribution in [0.4, 0.5) is 35.1 Å². The van der Waals surface area contributed by atoms with Gasteiger partial charge in [-0.2, -0.15) is 13.2 Å². The van der Waals surface area contributed by atoms with Crippen LogP contribution in [-0.2, 0) is 17.6 Å². The van der Waals surface area contributed by atoms with E-state index in [0.717, 1.165) is 35.3 Å². The molecule has 2 bridgehead atoms. The normalized spacial score (nSPS) is 24.9. The zero-order valence-corrected chi connectivity index (χ0v) is 19.8. The van der Waals surface area contributed by atoms with E-state index in [0.29, 0.717) is 11.6 Å². The molecule has 39 heavy (non-hydrogen) atoms. The van der Waals surface area contributed by atoms with Crippen LogP contribution in [-0.4, -0.2) is 55.2 Å². The van der Waals surface area contributed by atoms with Gasteiger partial charge in [-0.1, -0.05) is 6.07 Å². The maximum Gasteiger partial charge on any atom is 0.417 e. The van der Waals surface area contributed by atoms with Crippen LogP contribution in [0.1, 0.15) is 30.4 Å². The lowest BCUT2D eigenvalue weighted by Gasteiger charge is -2.74. The summed E-state index contributed by atoms with van der Waals surface area (Å²) in [6.45, 7) is -2.19. The second kappa shape index (κ2) is 8.84. The summed E-state index contributed by atoms with van der Waals surface area (Å²) in [7, 11) is 0. The van der Waals surface area contributed by atoms with E-state index < -0.39 is 76.6 Å². The molecule has 3 aliphatic rings. The van der Waals surface area contributed by atoms with E-state index in [1.54, 1.807) is 0 Å². The van der Waals surface area contributed by atoms with E-state index in [2.05, 4.69) is 15.5 Å². The first-order valence-electron chi connectivity index (χ1n) is 11.6. The highest BCUT2D eigenvalue weighted by molar-refractivity contribution is 5.45. The van der Waals surface area contributed by atoms with E-state index >= 15 is 8.78 Å². The van der Waals surface area contributed by atoms with Crippen molar-refractivity contribution in [3.63, 3.8) is 0 Å². The Labute approximate surface area is 215 Å². The lowest BCUT2D eigenvalue weighted by molar-refractivity contribution is -0.347. The van der Waals surface area contributed by atoms with Gasteiger partial charge in [0.05, 0.1) is 6.54 Å². The number of aliphatic hydroxyl groups is 2. The fourth-order valence-corrected chi connectivity index (χ4v) is 5.74. The fourth-order valence-electron chi connectivity index (χ4n) is 5.74. The first kappa shape index (κ1) is 27.2. The molecule has 0 radical (unpaired) electrons. The quantitative estimate of drug-likeness (QED) is 0.382. The summed E-state index contributed by atoms with van der Waals surface area (Å²) in [6.07, 6.45) is -7.49. The summed E-state index contributed by atoms with van der Waals surface area (Å²) in [5.74, 6) is -8.01. The average molecular weight is 564 g/mol. The van der Waals surface area contributed by atoms with Gasteiger partial charge in [0.25, 0.3) is 5.92 Å². The standard InChI is InChI=1S/C24H20F8N4O3/c25-14-2-3-15(16(26)6-14)22(38,11-36-12-33-34-35-36)24(31,32)21-8-20(9-21,10-21)13-1-4-18(17(27)5-13)39-7-19(37)23(28,29)30/h1-6,12,19,37-38H,7-11H2/t19-,20?,21?,22-/m1/s1. The smallest absolute Gasteiger partial charge is 0.417 e. The Bertz CT molecular complexity index is 1360. The van der Waals surface area contributed by atoms with Crippen LogP contribution in [0.2, 0.25) is 0 Å². The largest absolute Gasteiger partial charge is 0.487 e. The molecule has 3 fully saturated rings. The molecule has 210 valence electrons. The molecule has 6 rings (SSSR count). The Kier molecular flexibility index (Phi) is 6.18. The van der Waals surface area contributed by atoms with Crippen LogP contribution < -0.4 is 4.74 Å². The molecule has 0 amide bonds. The number of hydrogen-bond acceptors (Lipinski definition) is 6. The van der Waals surface area contributed by atoms with Crippen molar-refractivity contribution in [2.24, 2.45) is 5.41 Å². The predicted octanol–water partition coefficient (Wildman–Crippen LogP) is 4.04. The molecule has 15 heteroatoms. The number of rotatable bonds is 9. The number of ether oxygens (including phenoxy) is 1. The molecule has 3 aromatic rings. The van der Waals surface area contributed by atoms with Crippen molar-refractivity contribution in [2.45, 2.75) is 55.0 Å². The van der Waals surface area contributed by atoms with E-state index in [4.69, 9.17) is 9.84 Å². The van der Waals surface area contributed by atoms with Gasteiger partial charge < -0.3 is 14.9 Å². The number of tetrazole rings is 1. The molecule has 3 aliphatic carbocycles. The van der Waals surface area contributed by atoms with E-state index in [-0.39, 0.29) is 19.3 Å². The van der Waals surface area contributed by atoms with E-state index in [1.165, 1.54) is 6.07 Å². The van der Waals surface area contributed by atoms with Gasteiger partial charge in [-0.05, 0) is 64.9 Å². The number of benzene rings is 2.